The van der Waals surface area contributed by atoms with Crippen LogP contribution in [0.25, 0.3) is 24.3 Å². The highest BCUT2D eigenvalue weighted by Crippen LogP contribution is 2.76. The quantitative estimate of drug-likeness (QED) is 0.226. The first kappa shape index (κ1) is 32.5. The molecule has 0 N–H and O–H groups in total. The lowest BCUT2D eigenvalue weighted by atomic mass is 9.34. The molecule has 8 fully saturated rings. The van der Waals surface area contributed by atoms with Crippen molar-refractivity contribution in [3.63, 3.8) is 0 Å². The van der Waals surface area contributed by atoms with Crippen LogP contribution in [0.3, 0.4) is 0 Å². The summed E-state index contributed by atoms with van der Waals surface area (Å²) >= 11 is 0. The van der Waals surface area contributed by atoms with Gasteiger partial charge in [-0.05, 0) is 177 Å². The summed E-state index contributed by atoms with van der Waals surface area (Å²) in [6, 6.07) is 24.8. The summed E-state index contributed by atoms with van der Waals surface area (Å²) in [6.07, 6.45) is 23.8. The van der Waals surface area contributed by atoms with Crippen molar-refractivity contribution in [3.8, 4) is 0 Å². The molecule has 0 radical (unpaired) electrons. The molecule has 8 aliphatic rings. The van der Waals surface area contributed by atoms with Crippen LogP contribution in [0.1, 0.15) is 149 Å². The van der Waals surface area contributed by atoms with Crippen LogP contribution >= 0.6 is 0 Å². The highest BCUT2D eigenvalue weighted by molar-refractivity contribution is 5.61. The Bertz CT molecular complexity index is 1730. The summed E-state index contributed by atoms with van der Waals surface area (Å²) in [5, 5.41) is 0. The lowest BCUT2D eigenvalue weighted by molar-refractivity contribution is -0.128. The molecule has 0 spiro atoms. The summed E-state index contributed by atoms with van der Waals surface area (Å²) in [5.74, 6) is 0. The van der Waals surface area contributed by atoms with Crippen molar-refractivity contribution >= 4 is 24.3 Å². The summed E-state index contributed by atoms with van der Waals surface area (Å²) < 4.78 is 0. The fourth-order valence-corrected chi connectivity index (χ4v) is 16.2. The van der Waals surface area contributed by atoms with E-state index in [0.29, 0.717) is 21.7 Å². The second-order valence-corrected chi connectivity index (χ2v) is 20.7. The summed E-state index contributed by atoms with van der Waals surface area (Å²) in [7, 11) is 0. The molecule has 8 aliphatic carbocycles. The molecule has 3 aromatic carbocycles. The van der Waals surface area contributed by atoms with Crippen LogP contribution in [0, 0.1) is 21.7 Å². The topological polar surface area (TPSA) is 0 Å². The Morgan fingerprint density at radius 3 is 0.820 bits per heavy atom. The Morgan fingerprint density at radius 1 is 0.340 bits per heavy atom. The third-order valence-corrected chi connectivity index (χ3v) is 15.4. The lowest BCUT2D eigenvalue weighted by Crippen LogP contribution is -2.63. The Kier molecular flexibility index (Phi) is 6.60. The van der Waals surface area contributed by atoms with Gasteiger partial charge in [0.15, 0.2) is 0 Å². The van der Waals surface area contributed by atoms with Crippen molar-refractivity contribution in [2.45, 2.75) is 126 Å². The lowest BCUT2D eigenvalue weighted by Gasteiger charge is -2.70. The molecule has 0 aromatic heterocycles. The van der Waals surface area contributed by atoms with Crippen LogP contribution in [0.4, 0.5) is 0 Å². The molecular weight excluding hydrogens is 601 g/mol. The third kappa shape index (κ3) is 4.68. The van der Waals surface area contributed by atoms with Crippen molar-refractivity contribution in [1.82, 2.24) is 0 Å². The van der Waals surface area contributed by atoms with E-state index in [-0.39, 0.29) is 21.7 Å². The van der Waals surface area contributed by atoms with Gasteiger partial charge in [-0.1, -0.05) is 127 Å². The zero-order chi connectivity index (χ0) is 35.0. The normalized spacial score (nSPS) is 42.0. The molecule has 0 amide bonds. The Balaban J connectivity index is 1.12. The van der Waals surface area contributed by atoms with Gasteiger partial charge in [-0.2, -0.15) is 0 Å². The molecule has 0 nitrogen and oxygen atoms in total. The van der Waals surface area contributed by atoms with Crippen LogP contribution in [0.15, 0.2) is 87.0 Å². The van der Waals surface area contributed by atoms with E-state index < -0.39 is 0 Å². The maximum atomic E-state index is 4.16. The standard InChI is InChI=1S/C50H58/c1-9-35-17-36(10-2)20-41(19-35)49-29-43(5)23-44(6,30-49)26-47(25-43,33-49)39-13-15-40(16-14-39)48-27-45(7)24-46(8,28-48)32-50(31-45,34-48)42-21-37(11-3)18-38(12-4)22-42/h9-22H,1-4,23-34H2,5-8H3. The molecule has 258 valence electrons. The number of benzene rings is 3. The van der Waals surface area contributed by atoms with Crippen LogP contribution < -0.4 is 0 Å². The van der Waals surface area contributed by atoms with Crippen LogP contribution in [-0.2, 0) is 21.7 Å². The fourth-order valence-electron chi connectivity index (χ4n) is 16.2. The maximum Gasteiger partial charge on any atom is -0.00277 e. The first-order valence-corrected chi connectivity index (χ1v) is 19.6. The average molecular weight is 659 g/mol. The van der Waals surface area contributed by atoms with Crippen molar-refractivity contribution < 1.29 is 0 Å². The summed E-state index contributed by atoms with van der Waals surface area (Å²) in [5.41, 5.74) is 13.5. The van der Waals surface area contributed by atoms with E-state index in [9.17, 15) is 0 Å². The van der Waals surface area contributed by atoms with E-state index in [0.717, 1.165) is 0 Å². The van der Waals surface area contributed by atoms with Gasteiger partial charge in [0.2, 0.25) is 0 Å². The average Bonchev–Trinajstić information content (AvgIpc) is 3.04. The van der Waals surface area contributed by atoms with Crippen LogP contribution in [0.5, 0.6) is 0 Å². The van der Waals surface area contributed by atoms with Crippen molar-refractivity contribution in [2.75, 3.05) is 0 Å². The van der Waals surface area contributed by atoms with Crippen molar-refractivity contribution in [2.24, 2.45) is 21.7 Å². The molecule has 11 rings (SSSR count). The highest BCUT2D eigenvalue weighted by Gasteiger charge is 2.68. The van der Waals surface area contributed by atoms with Crippen LogP contribution in [0.2, 0.25) is 0 Å². The van der Waals surface area contributed by atoms with Gasteiger partial charge in [-0.25, -0.2) is 0 Å². The first-order chi connectivity index (χ1) is 23.6. The monoisotopic (exact) mass is 658 g/mol. The molecule has 3 aromatic rings. The van der Waals surface area contributed by atoms with E-state index in [1.54, 1.807) is 11.1 Å². The van der Waals surface area contributed by atoms with E-state index in [4.69, 9.17) is 0 Å². The zero-order valence-corrected chi connectivity index (χ0v) is 31.4. The smallest absolute Gasteiger partial charge is 0.00277 e. The predicted octanol–water partition coefficient (Wildman–Crippen LogP) is 13.4. The summed E-state index contributed by atoms with van der Waals surface area (Å²) in [6.45, 7) is 27.2. The molecule has 8 saturated carbocycles. The highest BCUT2D eigenvalue weighted by atomic mass is 14.7. The molecule has 0 aliphatic heterocycles. The van der Waals surface area contributed by atoms with E-state index in [2.05, 4.69) is 115 Å². The number of hydrogen-bond acceptors (Lipinski definition) is 0. The van der Waals surface area contributed by atoms with Gasteiger partial charge in [0.05, 0.1) is 0 Å². The van der Waals surface area contributed by atoms with Crippen molar-refractivity contribution in [1.29, 1.82) is 0 Å². The minimum atomic E-state index is 0.202. The molecule has 0 heteroatoms. The molecular formula is C50H58. The molecule has 8 bridgehead atoms. The molecule has 50 heavy (non-hydrogen) atoms. The first-order valence-electron chi connectivity index (χ1n) is 19.6. The summed E-state index contributed by atoms with van der Waals surface area (Å²) in [4.78, 5) is 0. The van der Waals surface area contributed by atoms with E-state index >= 15 is 0 Å². The van der Waals surface area contributed by atoms with Gasteiger partial charge in [-0.15, -0.1) is 0 Å². The Labute approximate surface area is 302 Å². The van der Waals surface area contributed by atoms with Gasteiger partial charge in [0.25, 0.3) is 0 Å². The second-order valence-electron chi connectivity index (χ2n) is 20.7. The minimum Gasteiger partial charge on any atom is -0.0985 e. The molecule has 4 unspecified atom stereocenters. The molecule has 4 atom stereocenters. The maximum absolute atomic E-state index is 4.16. The fraction of sp³-hybridized carbons (Fsp3) is 0.480. The molecule has 0 saturated heterocycles. The van der Waals surface area contributed by atoms with E-state index in [1.807, 2.05) is 24.3 Å². The van der Waals surface area contributed by atoms with Gasteiger partial charge < -0.3 is 0 Å². The number of hydrogen-bond donors (Lipinski definition) is 0. The van der Waals surface area contributed by atoms with Crippen LogP contribution in [-0.4, -0.2) is 0 Å². The largest absolute Gasteiger partial charge is 0.0985 e. The third-order valence-electron chi connectivity index (χ3n) is 15.4. The minimum absolute atomic E-state index is 0.202. The van der Waals surface area contributed by atoms with Crippen molar-refractivity contribution in [3.05, 3.63) is 131 Å². The Morgan fingerprint density at radius 2 is 0.580 bits per heavy atom. The predicted molar refractivity (Wildman–Crippen MR) is 214 cm³/mol. The number of rotatable bonds is 8. The van der Waals surface area contributed by atoms with Gasteiger partial charge in [-0.3, -0.25) is 0 Å². The van der Waals surface area contributed by atoms with Gasteiger partial charge in [0.1, 0.15) is 0 Å². The van der Waals surface area contributed by atoms with Gasteiger partial charge in [0, 0.05) is 0 Å². The van der Waals surface area contributed by atoms with Gasteiger partial charge >= 0.3 is 0 Å². The zero-order valence-electron chi connectivity index (χ0n) is 31.4. The Hall–Kier alpha value is -3.38. The molecule has 0 heterocycles. The SMILES string of the molecule is C=Cc1cc(C=C)cc(C23CC4(C)CC(C)(CC(c5ccc(C67CC8(C)CC(C)(C6)CC(c6cc(C=C)cc(C=C)c6)(C8)C7)cc5)(C4)C2)C3)c1. The van der Waals surface area contributed by atoms with E-state index in [1.165, 1.54) is 110 Å². The second kappa shape index (κ2) is 10.1.